The van der Waals surface area contributed by atoms with E-state index in [1.54, 1.807) is 0 Å². The summed E-state index contributed by atoms with van der Waals surface area (Å²) < 4.78 is 4.80. The molecule has 0 amide bonds. The maximum absolute atomic E-state index is 4.99. The van der Waals surface area contributed by atoms with Crippen molar-refractivity contribution in [3.8, 4) is 39.6 Å². The van der Waals surface area contributed by atoms with Gasteiger partial charge in [-0.25, -0.2) is 15.0 Å². The Bertz CT molecular complexity index is 3140. The van der Waals surface area contributed by atoms with Crippen LogP contribution in [-0.2, 0) is 0 Å². The third-order valence-corrected chi connectivity index (χ3v) is 11.2. The molecule has 270 valence electrons. The Kier molecular flexibility index (Phi) is 7.67. The predicted octanol–water partition coefficient (Wildman–Crippen LogP) is 12.1. The zero-order chi connectivity index (χ0) is 37.9. The second-order valence-corrected chi connectivity index (χ2v) is 14.6. The van der Waals surface area contributed by atoms with Crippen molar-refractivity contribution in [1.82, 2.24) is 29.0 Å². The molecule has 6 heteroatoms. The van der Waals surface area contributed by atoms with Gasteiger partial charge in [-0.2, -0.15) is 0 Å². The van der Waals surface area contributed by atoms with Gasteiger partial charge in [0.05, 0.1) is 22.1 Å². The molecular weight excluding hydrogens is 697 g/mol. The number of hydrogen-bond acceptors (Lipinski definition) is 4. The summed E-state index contributed by atoms with van der Waals surface area (Å²) >= 11 is 0. The number of likely N-dealkylation sites (N-methyl/N-ethyl adjacent to an activating group) is 1. The van der Waals surface area contributed by atoms with Crippen molar-refractivity contribution in [1.29, 1.82) is 0 Å². The fourth-order valence-electron chi connectivity index (χ4n) is 8.48. The van der Waals surface area contributed by atoms with Gasteiger partial charge < -0.3 is 14.0 Å². The Morgan fingerprint density at radius 1 is 0.421 bits per heavy atom. The lowest BCUT2D eigenvalue weighted by atomic mass is 10.0. The monoisotopic (exact) mass is 732 g/mol. The van der Waals surface area contributed by atoms with E-state index in [1.807, 2.05) is 60.7 Å². The quantitative estimate of drug-likeness (QED) is 0.171. The van der Waals surface area contributed by atoms with Crippen molar-refractivity contribution in [2.45, 2.75) is 6.17 Å². The molecule has 7 aromatic carbocycles. The molecule has 57 heavy (non-hydrogen) atoms. The molecule has 1 aliphatic heterocycles. The van der Waals surface area contributed by atoms with Crippen molar-refractivity contribution in [3.63, 3.8) is 0 Å². The molecule has 1 unspecified atom stereocenters. The molecule has 6 nitrogen and oxygen atoms in total. The van der Waals surface area contributed by atoms with E-state index in [-0.39, 0.29) is 6.17 Å². The smallest absolute Gasteiger partial charge is 0.165 e. The molecule has 4 heterocycles. The van der Waals surface area contributed by atoms with Crippen LogP contribution < -0.4 is 0 Å². The molecule has 3 aromatic heterocycles. The highest BCUT2D eigenvalue weighted by Gasteiger charge is 2.24. The predicted molar refractivity (Wildman–Crippen MR) is 234 cm³/mol. The Hall–Kier alpha value is -7.57. The van der Waals surface area contributed by atoms with Crippen LogP contribution in [0, 0.1) is 0 Å². The summed E-state index contributed by atoms with van der Waals surface area (Å²) in [5.41, 5.74) is 11.2. The average molecular weight is 733 g/mol. The van der Waals surface area contributed by atoms with E-state index in [0.29, 0.717) is 17.5 Å². The van der Waals surface area contributed by atoms with Crippen molar-refractivity contribution >= 4 is 49.2 Å². The number of benzene rings is 7. The van der Waals surface area contributed by atoms with Crippen LogP contribution in [-0.4, -0.2) is 36.0 Å². The van der Waals surface area contributed by atoms with Gasteiger partial charge in [0.2, 0.25) is 0 Å². The van der Waals surface area contributed by atoms with E-state index in [1.165, 1.54) is 54.7 Å². The van der Waals surface area contributed by atoms with Crippen molar-refractivity contribution in [2.24, 2.45) is 0 Å². The van der Waals surface area contributed by atoms with Gasteiger partial charge in [0, 0.05) is 57.2 Å². The Morgan fingerprint density at radius 3 is 1.53 bits per heavy atom. The third kappa shape index (κ3) is 5.53. The molecule has 0 bridgehead atoms. The first kappa shape index (κ1) is 32.8. The second-order valence-electron chi connectivity index (χ2n) is 14.6. The van der Waals surface area contributed by atoms with Crippen molar-refractivity contribution in [3.05, 3.63) is 200 Å². The van der Waals surface area contributed by atoms with Crippen LogP contribution in [0.4, 0.5) is 0 Å². The Balaban J connectivity index is 0.988. The molecule has 11 rings (SSSR count). The van der Waals surface area contributed by atoms with Crippen LogP contribution >= 0.6 is 0 Å². The summed E-state index contributed by atoms with van der Waals surface area (Å²) in [7, 11) is 2.13. The van der Waals surface area contributed by atoms with Crippen molar-refractivity contribution < 1.29 is 0 Å². The Labute approximate surface area is 330 Å². The van der Waals surface area contributed by atoms with Gasteiger partial charge in [-0.1, -0.05) is 127 Å². The normalized spacial score (nSPS) is 14.2. The standard InChI is InChI=1S/C51H36N6/c1-55-33-38(51-53-49(34-15-5-2-6-16-34)52-50(54-51)35-17-7-3-8-18-35)27-30-48(55)57-45-24-14-12-22-41(45)43-32-37(26-29-47(43)57)36-25-28-46-42(31-36)40-21-11-13-23-44(40)56(46)39-19-9-4-10-20-39/h2-33,48H,1H3. The topological polar surface area (TPSA) is 51.8 Å². The van der Waals surface area contributed by atoms with Crippen molar-refractivity contribution in [2.75, 3.05) is 7.05 Å². The molecule has 1 aliphatic rings. The first-order valence-corrected chi connectivity index (χ1v) is 19.3. The largest absolute Gasteiger partial charge is 0.356 e. The summed E-state index contributed by atoms with van der Waals surface area (Å²) in [5, 5.41) is 4.95. The minimum atomic E-state index is -0.0634. The maximum atomic E-state index is 4.99. The summed E-state index contributed by atoms with van der Waals surface area (Å²) in [6.45, 7) is 0. The van der Waals surface area contributed by atoms with Gasteiger partial charge in [-0.15, -0.1) is 0 Å². The summed E-state index contributed by atoms with van der Waals surface area (Å²) in [4.78, 5) is 17.1. The fourth-order valence-corrected chi connectivity index (χ4v) is 8.48. The lowest BCUT2D eigenvalue weighted by molar-refractivity contribution is 0.314. The van der Waals surface area contributed by atoms with E-state index in [0.717, 1.165) is 22.4 Å². The number of para-hydroxylation sites is 3. The first-order valence-electron chi connectivity index (χ1n) is 19.3. The molecule has 0 fully saturated rings. The molecule has 10 aromatic rings. The number of hydrogen-bond donors (Lipinski definition) is 0. The third-order valence-electron chi connectivity index (χ3n) is 11.2. The highest BCUT2D eigenvalue weighted by Crippen LogP contribution is 2.40. The van der Waals surface area contributed by atoms with Crippen LogP contribution in [0.1, 0.15) is 12.0 Å². The van der Waals surface area contributed by atoms with E-state index < -0.39 is 0 Å². The van der Waals surface area contributed by atoms with E-state index >= 15 is 0 Å². The van der Waals surface area contributed by atoms with E-state index in [4.69, 9.17) is 15.0 Å². The molecule has 0 saturated carbocycles. The highest BCUT2D eigenvalue weighted by molar-refractivity contribution is 6.12. The second kappa shape index (κ2) is 13.3. The number of nitrogens with zero attached hydrogens (tertiary/aromatic N) is 6. The summed E-state index contributed by atoms with van der Waals surface area (Å²) in [6, 6.07) is 62.1. The lowest BCUT2D eigenvalue weighted by Gasteiger charge is -2.30. The van der Waals surface area contributed by atoms with Gasteiger partial charge in [-0.05, 0) is 71.8 Å². The van der Waals surface area contributed by atoms with Gasteiger partial charge in [0.15, 0.2) is 17.5 Å². The van der Waals surface area contributed by atoms with E-state index in [9.17, 15) is 0 Å². The molecule has 0 spiro atoms. The molecule has 0 N–H and O–H groups in total. The van der Waals surface area contributed by atoms with Crippen LogP contribution in [0.15, 0.2) is 194 Å². The minimum Gasteiger partial charge on any atom is -0.356 e. The lowest BCUT2D eigenvalue weighted by Crippen LogP contribution is -2.25. The molecule has 1 atom stereocenters. The highest BCUT2D eigenvalue weighted by atomic mass is 15.3. The van der Waals surface area contributed by atoms with Crippen LogP contribution in [0.3, 0.4) is 0 Å². The van der Waals surface area contributed by atoms with Gasteiger partial charge in [0.25, 0.3) is 0 Å². The van der Waals surface area contributed by atoms with Gasteiger partial charge in [0.1, 0.15) is 6.17 Å². The SMILES string of the molecule is CN1C=C(c2nc(-c3ccccc3)nc(-c3ccccc3)n2)C=CC1n1c2ccccc2c2cc(-c3ccc4c(c3)c3ccccc3n4-c3ccccc3)ccc21. The number of fused-ring (bicyclic) bond motifs is 6. The van der Waals surface area contributed by atoms with E-state index in [2.05, 4.69) is 155 Å². The van der Waals surface area contributed by atoms with Crippen LogP contribution in [0.5, 0.6) is 0 Å². The summed E-state index contributed by atoms with van der Waals surface area (Å²) in [5.74, 6) is 1.94. The maximum Gasteiger partial charge on any atom is 0.165 e. The molecular formula is C51H36N6. The zero-order valence-electron chi connectivity index (χ0n) is 31.2. The van der Waals surface area contributed by atoms with Crippen LogP contribution in [0.25, 0.3) is 88.8 Å². The Morgan fingerprint density at radius 2 is 0.895 bits per heavy atom. The number of aromatic nitrogens is 5. The number of allylic oxidation sites excluding steroid dienone is 2. The number of rotatable bonds is 6. The molecule has 0 aliphatic carbocycles. The van der Waals surface area contributed by atoms with Gasteiger partial charge >= 0.3 is 0 Å². The minimum absolute atomic E-state index is 0.0634. The van der Waals surface area contributed by atoms with Gasteiger partial charge in [-0.3, -0.25) is 0 Å². The fraction of sp³-hybridized carbons (Fsp3) is 0.0392. The average Bonchev–Trinajstić information content (AvgIpc) is 3.79. The zero-order valence-corrected chi connectivity index (χ0v) is 31.2. The molecule has 0 radical (unpaired) electrons. The molecule has 0 saturated heterocycles. The van der Waals surface area contributed by atoms with Crippen LogP contribution in [0.2, 0.25) is 0 Å². The summed E-state index contributed by atoms with van der Waals surface area (Å²) in [6.07, 6.45) is 6.49. The first-order chi connectivity index (χ1) is 28.2.